The van der Waals surface area contributed by atoms with E-state index in [1.54, 1.807) is 12.3 Å². The molecule has 0 spiro atoms. The quantitative estimate of drug-likeness (QED) is 0.730. The number of halogens is 2. The number of nitrogens with zero attached hydrogens (tertiary/aromatic N) is 2. The molecule has 4 heteroatoms. The van der Waals surface area contributed by atoms with Gasteiger partial charge in [0.1, 0.15) is 5.82 Å². The molecule has 2 aromatic rings. The van der Waals surface area contributed by atoms with E-state index in [2.05, 4.69) is 4.98 Å². The van der Waals surface area contributed by atoms with Crippen molar-refractivity contribution in [3.8, 4) is 11.4 Å². The van der Waals surface area contributed by atoms with Gasteiger partial charge < -0.3 is 4.57 Å². The highest BCUT2D eigenvalue weighted by Crippen LogP contribution is 2.25. The van der Waals surface area contributed by atoms with Crippen molar-refractivity contribution in [2.75, 3.05) is 0 Å². The first-order valence-corrected chi connectivity index (χ1v) is 4.86. The van der Waals surface area contributed by atoms with E-state index in [9.17, 15) is 0 Å². The molecule has 0 fully saturated rings. The Hall–Kier alpha value is -0.990. The smallest absolute Gasteiger partial charge is 0.139 e. The number of aryl methyl sites for hydroxylation is 1. The van der Waals surface area contributed by atoms with Crippen LogP contribution in [0.4, 0.5) is 0 Å². The molecular weight excluding hydrogens is 219 g/mol. The minimum atomic E-state index is 0.621. The van der Waals surface area contributed by atoms with Crippen LogP contribution in [0.5, 0.6) is 0 Å². The van der Waals surface area contributed by atoms with Crippen LogP contribution in [0.1, 0.15) is 0 Å². The fraction of sp³-hybridized carbons (Fsp3) is 0.100. The van der Waals surface area contributed by atoms with Crippen LogP contribution < -0.4 is 0 Å². The molecule has 2 nitrogen and oxygen atoms in total. The van der Waals surface area contributed by atoms with Crippen molar-refractivity contribution in [1.82, 2.24) is 9.55 Å². The molecule has 0 aliphatic heterocycles. The van der Waals surface area contributed by atoms with Crippen LogP contribution in [0, 0.1) is 0 Å². The SMILES string of the molecule is Cn1ccnc1-c1cc(Cl)cc(Cl)c1. The molecule has 0 aliphatic carbocycles. The summed E-state index contributed by atoms with van der Waals surface area (Å²) in [6.07, 6.45) is 3.62. The average molecular weight is 227 g/mol. The predicted molar refractivity (Wildman–Crippen MR) is 58.7 cm³/mol. The highest BCUT2D eigenvalue weighted by Gasteiger charge is 2.05. The lowest BCUT2D eigenvalue weighted by Crippen LogP contribution is -1.90. The minimum Gasteiger partial charge on any atom is -0.334 e. The van der Waals surface area contributed by atoms with E-state index >= 15 is 0 Å². The highest BCUT2D eigenvalue weighted by molar-refractivity contribution is 6.35. The predicted octanol–water partition coefficient (Wildman–Crippen LogP) is 3.39. The number of hydrogen-bond donors (Lipinski definition) is 0. The van der Waals surface area contributed by atoms with E-state index in [-0.39, 0.29) is 0 Å². The molecule has 0 unspecified atom stereocenters. The summed E-state index contributed by atoms with van der Waals surface area (Å²) in [6, 6.07) is 5.39. The van der Waals surface area contributed by atoms with Gasteiger partial charge in [0.25, 0.3) is 0 Å². The molecule has 72 valence electrons. The third-order valence-electron chi connectivity index (χ3n) is 1.94. The van der Waals surface area contributed by atoms with Gasteiger partial charge in [-0.3, -0.25) is 0 Å². The first-order chi connectivity index (χ1) is 6.66. The molecule has 0 bridgehead atoms. The number of rotatable bonds is 1. The maximum atomic E-state index is 5.90. The normalized spacial score (nSPS) is 10.5. The van der Waals surface area contributed by atoms with Crippen molar-refractivity contribution in [1.29, 1.82) is 0 Å². The molecule has 0 aliphatic rings. The first-order valence-electron chi connectivity index (χ1n) is 4.10. The van der Waals surface area contributed by atoms with Gasteiger partial charge in [0, 0.05) is 35.1 Å². The van der Waals surface area contributed by atoms with Crippen molar-refractivity contribution in [3.63, 3.8) is 0 Å². The Labute approximate surface area is 92.1 Å². The summed E-state index contributed by atoms with van der Waals surface area (Å²) in [5.74, 6) is 0.856. The van der Waals surface area contributed by atoms with Crippen LogP contribution in [-0.4, -0.2) is 9.55 Å². The second-order valence-electron chi connectivity index (χ2n) is 3.02. The molecule has 0 N–H and O–H groups in total. The molecular formula is C10H8Cl2N2. The first kappa shape index (κ1) is 9.56. The second kappa shape index (κ2) is 3.64. The summed E-state index contributed by atoms with van der Waals surface area (Å²) < 4.78 is 1.92. The Kier molecular flexibility index (Phi) is 2.48. The number of imidazole rings is 1. The van der Waals surface area contributed by atoms with Gasteiger partial charge in [-0.25, -0.2) is 4.98 Å². The van der Waals surface area contributed by atoms with Crippen LogP contribution >= 0.6 is 23.2 Å². The number of aromatic nitrogens is 2. The van der Waals surface area contributed by atoms with Crippen LogP contribution in [0.25, 0.3) is 11.4 Å². The van der Waals surface area contributed by atoms with Gasteiger partial charge in [-0.05, 0) is 18.2 Å². The minimum absolute atomic E-state index is 0.621. The lowest BCUT2D eigenvalue weighted by atomic mass is 10.2. The molecule has 0 radical (unpaired) electrons. The van der Waals surface area contributed by atoms with Gasteiger partial charge in [-0.15, -0.1) is 0 Å². The third-order valence-corrected chi connectivity index (χ3v) is 2.38. The van der Waals surface area contributed by atoms with E-state index in [1.807, 2.05) is 29.9 Å². The van der Waals surface area contributed by atoms with Gasteiger partial charge in [0.05, 0.1) is 0 Å². The van der Waals surface area contributed by atoms with Crippen LogP contribution in [0.15, 0.2) is 30.6 Å². The molecule has 14 heavy (non-hydrogen) atoms. The van der Waals surface area contributed by atoms with E-state index in [0.29, 0.717) is 10.0 Å². The highest BCUT2D eigenvalue weighted by atomic mass is 35.5. The van der Waals surface area contributed by atoms with Crippen molar-refractivity contribution in [2.24, 2.45) is 7.05 Å². The number of benzene rings is 1. The summed E-state index contributed by atoms with van der Waals surface area (Å²) in [7, 11) is 1.93. The molecule has 1 heterocycles. The monoisotopic (exact) mass is 226 g/mol. The molecule has 0 atom stereocenters. The summed E-state index contributed by atoms with van der Waals surface area (Å²) in [6.45, 7) is 0. The lowest BCUT2D eigenvalue weighted by molar-refractivity contribution is 0.925. The molecule has 1 aromatic carbocycles. The topological polar surface area (TPSA) is 17.8 Å². The van der Waals surface area contributed by atoms with Crippen LogP contribution in [-0.2, 0) is 7.05 Å². The zero-order valence-electron chi connectivity index (χ0n) is 7.54. The Balaban J connectivity index is 2.57. The van der Waals surface area contributed by atoms with Gasteiger partial charge in [0.2, 0.25) is 0 Å². The summed E-state index contributed by atoms with van der Waals surface area (Å²) >= 11 is 11.8. The van der Waals surface area contributed by atoms with Crippen LogP contribution in [0.2, 0.25) is 10.0 Å². The molecule has 1 aromatic heterocycles. The van der Waals surface area contributed by atoms with E-state index in [1.165, 1.54) is 0 Å². The van der Waals surface area contributed by atoms with Crippen molar-refractivity contribution >= 4 is 23.2 Å². The Morgan fingerprint density at radius 3 is 2.29 bits per heavy atom. The molecule has 0 saturated carbocycles. The Morgan fingerprint density at radius 2 is 1.79 bits per heavy atom. The fourth-order valence-corrected chi connectivity index (χ4v) is 1.85. The van der Waals surface area contributed by atoms with Gasteiger partial charge in [0.15, 0.2) is 0 Å². The maximum Gasteiger partial charge on any atom is 0.139 e. The largest absolute Gasteiger partial charge is 0.334 e. The Morgan fingerprint density at radius 1 is 1.14 bits per heavy atom. The van der Waals surface area contributed by atoms with Crippen molar-refractivity contribution < 1.29 is 0 Å². The van der Waals surface area contributed by atoms with E-state index < -0.39 is 0 Å². The molecule has 0 amide bonds. The third kappa shape index (κ3) is 1.76. The molecule has 2 rings (SSSR count). The van der Waals surface area contributed by atoms with Crippen molar-refractivity contribution in [3.05, 3.63) is 40.6 Å². The molecule has 0 saturated heterocycles. The summed E-state index contributed by atoms with van der Waals surface area (Å²) in [5, 5.41) is 1.24. The second-order valence-corrected chi connectivity index (χ2v) is 3.89. The number of hydrogen-bond acceptors (Lipinski definition) is 1. The Bertz CT molecular complexity index is 443. The average Bonchev–Trinajstić information content (AvgIpc) is 2.49. The van der Waals surface area contributed by atoms with Crippen LogP contribution in [0.3, 0.4) is 0 Å². The standard InChI is InChI=1S/C10H8Cl2N2/c1-14-3-2-13-10(14)7-4-8(11)6-9(12)5-7/h2-6H,1H3. The summed E-state index contributed by atoms with van der Waals surface area (Å²) in [4.78, 5) is 4.21. The van der Waals surface area contributed by atoms with E-state index in [4.69, 9.17) is 23.2 Å². The fourth-order valence-electron chi connectivity index (χ4n) is 1.33. The lowest BCUT2D eigenvalue weighted by Gasteiger charge is -2.02. The van der Waals surface area contributed by atoms with E-state index in [0.717, 1.165) is 11.4 Å². The van der Waals surface area contributed by atoms with Gasteiger partial charge >= 0.3 is 0 Å². The summed E-state index contributed by atoms with van der Waals surface area (Å²) in [5.41, 5.74) is 0.926. The zero-order valence-corrected chi connectivity index (χ0v) is 9.05. The zero-order chi connectivity index (χ0) is 10.1. The van der Waals surface area contributed by atoms with Gasteiger partial charge in [-0.1, -0.05) is 23.2 Å². The van der Waals surface area contributed by atoms with Crippen molar-refractivity contribution in [2.45, 2.75) is 0 Å². The van der Waals surface area contributed by atoms with Gasteiger partial charge in [-0.2, -0.15) is 0 Å². The maximum absolute atomic E-state index is 5.90.